The maximum absolute atomic E-state index is 13.3. The summed E-state index contributed by atoms with van der Waals surface area (Å²) >= 11 is 0. The highest BCUT2D eigenvalue weighted by atomic mass is 19.1. The smallest absolute Gasteiger partial charge is 0.227 e. The third kappa shape index (κ3) is 3.48. The lowest BCUT2D eigenvalue weighted by atomic mass is 10.1. The number of furan rings is 1. The van der Waals surface area contributed by atoms with Crippen molar-refractivity contribution in [2.75, 3.05) is 6.54 Å². The zero-order valence-corrected chi connectivity index (χ0v) is 13.9. The van der Waals surface area contributed by atoms with Crippen LogP contribution in [0.25, 0.3) is 11.0 Å². The number of carbonyl (C=O) groups excluding carboxylic acids is 1. The van der Waals surface area contributed by atoms with E-state index in [0.29, 0.717) is 13.1 Å². The van der Waals surface area contributed by atoms with Crippen molar-refractivity contribution in [1.29, 1.82) is 0 Å². The van der Waals surface area contributed by atoms with Gasteiger partial charge >= 0.3 is 0 Å². The molecule has 0 bridgehead atoms. The van der Waals surface area contributed by atoms with E-state index in [4.69, 9.17) is 4.42 Å². The third-order valence-electron chi connectivity index (χ3n) is 4.15. The Morgan fingerprint density at radius 1 is 1.21 bits per heavy atom. The van der Waals surface area contributed by atoms with E-state index in [9.17, 15) is 9.18 Å². The largest absolute Gasteiger partial charge is 0.464 e. The van der Waals surface area contributed by atoms with Gasteiger partial charge in [0, 0.05) is 24.0 Å². The highest BCUT2D eigenvalue weighted by molar-refractivity contribution is 5.88. The minimum atomic E-state index is -0.285. The first kappa shape index (κ1) is 16.2. The first-order valence-electron chi connectivity index (χ1n) is 8.05. The Kier molecular flexibility index (Phi) is 4.65. The predicted molar refractivity (Wildman–Crippen MR) is 92.1 cm³/mol. The number of hydrogen-bond donors (Lipinski definition) is 0. The molecule has 0 unspecified atom stereocenters. The number of amides is 1. The minimum absolute atomic E-state index is 0.00466. The molecule has 0 radical (unpaired) electrons. The molecular weight excluding hydrogens is 305 g/mol. The Hall–Kier alpha value is -2.62. The molecule has 0 N–H and O–H groups in total. The van der Waals surface area contributed by atoms with Crippen LogP contribution in [0.3, 0.4) is 0 Å². The zero-order chi connectivity index (χ0) is 17.1. The lowest BCUT2D eigenvalue weighted by molar-refractivity contribution is -0.130. The molecule has 0 spiro atoms. The average molecular weight is 325 g/mol. The molecule has 0 saturated heterocycles. The van der Waals surface area contributed by atoms with Gasteiger partial charge < -0.3 is 9.32 Å². The number of nitrogens with zero attached hydrogens (tertiary/aromatic N) is 1. The van der Waals surface area contributed by atoms with Gasteiger partial charge in [-0.2, -0.15) is 0 Å². The van der Waals surface area contributed by atoms with Gasteiger partial charge in [0.25, 0.3) is 0 Å². The predicted octanol–water partition coefficient (Wildman–Crippen LogP) is 4.47. The highest BCUT2D eigenvalue weighted by Crippen LogP contribution is 2.23. The van der Waals surface area contributed by atoms with Crippen molar-refractivity contribution in [1.82, 2.24) is 4.90 Å². The van der Waals surface area contributed by atoms with Crippen LogP contribution in [0.4, 0.5) is 4.39 Å². The summed E-state index contributed by atoms with van der Waals surface area (Å²) in [5, 5.41) is 0.968. The third-order valence-corrected chi connectivity index (χ3v) is 4.15. The van der Waals surface area contributed by atoms with Crippen molar-refractivity contribution in [2.45, 2.75) is 26.8 Å². The van der Waals surface area contributed by atoms with Crippen molar-refractivity contribution in [3.63, 3.8) is 0 Å². The first-order valence-corrected chi connectivity index (χ1v) is 8.05. The van der Waals surface area contributed by atoms with E-state index in [1.807, 2.05) is 38.1 Å². The molecule has 1 aromatic heterocycles. The number of aryl methyl sites for hydroxylation is 1. The normalized spacial score (nSPS) is 11.0. The second-order valence-electron chi connectivity index (χ2n) is 5.98. The van der Waals surface area contributed by atoms with Crippen LogP contribution in [0.2, 0.25) is 0 Å². The Bertz CT molecular complexity index is 869. The van der Waals surface area contributed by atoms with Gasteiger partial charge in [0.2, 0.25) is 5.91 Å². The number of rotatable bonds is 5. The topological polar surface area (TPSA) is 33.5 Å². The van der Waals surface area contributed by atoms with Gasteiger partial charge in [-0.25, -0.2) is 4.39 Å². The molecule has 0 saturated carbocycles. The molecular formula is C20H20FNO2. The number of hydrogen-bond acceptors (Lipinski definition) is 2. The second-order valence-corrected chi connectivity index (χ2v) is 5.98. The van der Waals surface area contributed by atoms with Gasteiger partial charge in [0.1, 0.15) is 11.4 Å². The van der Waals surface area contributed by atoms with E-state index >= 15 is 0 Å². The molecule has 124 valence electrons. The van der Waals surface area contributed by atoms with Gasteiger partial charge in [-0.05, 0) is 43.2 Å². The number of likely N-dealkylation sites (N-methyl/N-ethyl adjacent to an activating group) is 1. The Balaban J connectivity index is 1.76. The Labute approximate surface area is 140 Å². The fourth-order valence-electron chi connectivity index (χ4n) is 2.83. The molecule has 0 aliphatic rings. The number of benzene rings is 2. The molecule has 24 heavy (non-hydrogen) atoms. The van der Waals surface area contributed by atoms with Crippen molar-refractivity contribution < 1.29 is 13.6 Å². The fraction of sp³-hybridized carbons (Fsp3) is 0.250. The van der Waals surface area contributed by atoms with E-state index in [1.54, 1.807) is 17.2 Å². The lowest BCUT2D eigenvalue weighted by Gasteiger charge is -2.21. The molecule has 4 heteroatoms. The summed E-state index contributed by atoms with van der Waals surface area (Å²) in [6, 6.07) is 12.3. The summed E-state index contributed by atoms with van der Waals surface area (Å²) in [6.07, 6.45) is 1.93. The first-order chi connectivity index (χ1) is 11.6. The van der Waals surface area contributed by atoms with Crippen LogP contribution < -0.4 is 0 Å². The highest BCUT2D eigenvalue weighted by Gasteiger charge is 2.16. The van der Waals surface area contributed by atoms with Gasteiger partial charge in [-0.1, -0.05) is 24.3 Å². The monoisotopic (exact) mass is 325 g/mol. The summed E-state index contributed by atoms with van der Waals surface area (Å²) < 4.78 is 18.9. The van der Waals surface area contributed by atoms with Crippen LogP contribution >= 0.6 is 0 Å². The molecule has 3 rings (SSSR count). The summed E-state index contributed by atoms with van der Waals surface area (Å²) in [7, 11) is 0. The van der Waals surface area contributed by atoms with Gasteiger partial charge in [0.05, 0.1) is 12.7 Å². The molecule has 3 nitrogen and oxygen atoms in total. The van der Waals surface area contributed by atoms with Crippen LogP contribution in [0.5, 0.6) is 0 Å². The summed E-state index contributed by atoms with van der Waals surface area (Å²) in [4.78, 5) is 14.4. The van der Waals surface area contributed by atoms with Crippen LogP contribution in [0, 0.1) is 12.7 Å². The maximum atomic E-state index is 13.3. The fourth-order valence-corrected chi connectivity index (χ4v) is 2.83. The van der Waals surface area contributed by atoms with Crippen LogP contribution in [0.1, 0.15) is 23.6 Å². The van der Waals surface area contributed by atoms with E-state index in [0.717, 1.165) is 27.7 Å². The summed E-state index contributed by atoms with van der Waals surface area (Å²) in [6.45, 7) is 4.91. The van der Waals surface area contributed by atoms with E-state index < -0.39 is 0 Å². The van der Waals surface area contributed by atoms with Gasteiger partial charge in [-0.3, -0.25) is 4.79 Å². The van der Waals surface area contributed by atoms with Crippen molar-refractivity contribution in [3.8, 4) is 0 Å². The van der Waals surface area contributed by atoms with Gasteiger partial charge in [0.15, 0.2) is 0 Å². The second kappa shape index (κ2) is 6.87. The van der Waals surface area contributed by atoms with Crippen LogP contribution in [0.15, 0.2) is 53.1 Å². The van der Waals surface area contributed by atoms with Crippen molar-refractivity contribution in [3.05, 3.63) is 71.2 Å². The molecule has 0 aliphatic carbocycles. The van der Waals surface area contributed by atoms with E-state index in [1.165, 1.54) is 12.1 Å². The molecule has 0 fully saturated rings. The number of fused-ring (bicyclic) bond motifs is 1. The Morgan fingerprint density at radius 2 is 2.04 bits per heavy atom. The molecule has 2 aromatic carbocycles. The number of carbonyl (C=O) groups is 1. The van der Waals surface area contributed by atoms with Crippen LogP contribution in [-0.2, 0) is 17.8 Å². The van der Waals surface area contributed by atoms with Crippen molar-refractivity contribution >= 4 is 16.9 Å². The number of halogens is 1. The minimum Gasteiger partial charge on any atom is -0.464 e. The van der Waals surface area contributed by atoms with Crippen LogP contribution in [-0.4, -0.2) is 17.4 Å². The lowest BCUT2D eigenvalue weighted by Crippen LogP contribution is -2.31. The zero-order valence-electron chi connectivity index (χ0n) is 13.9. The standard InChI is InChI=1S/C20H20FNO2/c1-3-22(12-15-5-4-6-17(21)10-15)20(23)11-16-13-24-19-9-14(2)7-8-18(16)19/h4-10,13H,3,11-12H2,1-2H3. The summed E-state index contributed by atoms with van der Waals surface area (Å²) in [5.41, 5.74) is 3.59. The maximum Gasteiger partial charge on any atom is 0.227 e. The SMILES string of the molecule is CCN(Cc1cccc(F)c1)C(=O)Cc1coc2cc(C)ccc12. The molecule has 0 atom stereocenters. The van der Waals surface area contributed by atoms with E-state index in [2.05, 4.69) is 0 Å². The summed E-state index contributed by atoms with van der Waals surface area (Å²) in [5.74, 6) is -0.280. The van der Waals surface area contributed by atoms with Gasteiger partial charge in [-0.15, -0.1) is 0 Å². The Morgan fingerprint density at radius 3 is 2.79 bits per heavy atom. The molecule has 1 heterocycles. The average Bonchev–Trinajstić information content (AvgIpc) is 2.94. The van der Waals surface area contributed by atoms with E-state index in [-0.39, 0.29) is 18.1 Å². The molecule has 0 aliphatic heterocycles. The molecule has 1 amide bonds. The molecule has 3 aromatic rings. The van der Waals surface area contributed by atoms with Crippen molar-refractivity contribution in [2.24, 2.45) is 0 Å². The quantitative estimate of drug-likeness (QED) is 0.693.